The minimum Gasteiger partial charge on any atom is -0.306 e. The highest BCUT2D eigenvalue weighted by Crippen LogP contribution is 2.27. The number of rotatable bonds is 5. The Labute approximate surface area is 122 Å². The van der Waals surface area contributed by atoms with Gasteiger partial charge in [-0.2, -0.15) is 0 Å². The molecule has 1 nitrogen and oxygen atoms in total. The first-order valence-corrected chi connectivity index (χ1v) is 6.94. The second-order valence-corrected chi connectivity index (χ2v) is 5.02. The van der Waals surface area contributed by atoms with E-state index in [4.69, 9.17) is 11.6 Å². The van der Waals surface area contributed by atoms with Gasteiger partial charge in [0.2, 0.25) is 0 Å². The average Bonchev–Trinajstić information content (AvgIpc) is 2.44. The van der Waals surface area contributed by atoms with Crippen LogP contribution < -0.4 is 5.32 Å². The second kappa shape index (κ2) is 6.82. The molecule has 0 amide bonds. The second-order valence-electron chi connectivity index (χ2n) is 4.59. The number of benzene rings is 2. The molecular formula is C16H16ClF2N. The summed E-state index contributed by atoms with van der Waals surface area (Å²) in [5.74, 6) is -1.66. The molecule has 0 aliphatic heterocycles. The van der Waals surface area contributed by atoms with Gasteiger partial charge in [-0.05, 0) is 36.7 Å². The van der Waals surface area contributed by atoms with Gasteiger partial charge in [0, 0.05) is 10.6 Å². The van der Waals surface area contributed by atoms with Crippen LogP contribution in [0.25, 0.3) is 0 Å². The summed E-state index contributed by atoms with van der Waals surface area (Å²) in [6, 6.07) is 11.0. The molecule has 0 aliphatic rings. The molecule has 2 rings (SSSR count). The Kier molecular flexibility index (Phi) is 5.10. The topological polar surface area (TPSA) is 12.0 Å². The third kappa shape index (κ3) is 3.35. The summed E-state index contributed by atoms with van der Waals surface area (Å²) in [5, 5.41) is 3.80. The van der Waals surface area contributed by atoms with Crippen LogP contribution in [0.1, 0.15) is 30.5 Å². The van der Waals surface area contributed by atoms with E-state index in [2.05, 4.69) is 5.32 Å². The van der Waals surface area contributed by atoms with E-state index < -0.39 is 17.7 Å². The van der Waals surface area contributed by atoms with Gasteiger partial charge in [0.1, 0.15) is 0 Å². The standard InChI is InChI=1S/C16H16ClF2N/c1-2-9-20-16(11-5-3-6-12(17)10-11)13-7-4-8-14(18)15(13)19/h3-8,10,16,20H,2,9H2,1H3. The van der Waals surface area contributed by atoms with E-state index in [9.17, 15) is 8.78 Å². The number of nitrogens with one attached hydrogen (secondary N) is 1. The lowest BCUT2D eigenvalue weighted by atomic mass is 9.98. The summed E-state index contributed by atoms with van der Waals surface area (Å²) in [5.41, 5.74) is 1.11. The highest BCUT2D eigenvalue weighted by Gasteiger charge is 2.19. The quantitative estimate of drug-likeness (QED) is 0.842. The van der Waals surface area contributed by atoms with Gasteiger partial charge >= 0.3 is 0 Å². The fourth-order valence-corrected chi connectivity index (χ4v) is 2.32. The largest absolute Gasteiger partial charge is 0.306 e. The Morgan fingerprint density at radius 3 is 2.60 bits per heavy atom. The zero-order valence-corrected chi connectivity index (χ0v) is 11.9. The lowest BCUT2D eigenvalue weighted by Gasteiger charge is -2.20. The smallest absolute Gasteiger partial charge is 0.163 e. The summed E-state index contributed by atoms with van der Waals surface area (Å²) in [6.45, 7) is 2.72. The van der Waals surface area contributed by atoms with Crippen molar-refractivity contribution in [2.24, 2.45) is 0 Å². The van der Waals surface area contributed by atoms with Gasteiger partial charge < -0.3 is 5.32 Å². The Balaban J connectivity index is 2.44. The summed E-state index contributed by atoms with van der Waals surface area (Å²) >= 11 is 5.99. The molecule has 2 aromatic carbocycles. The molecule has 106 valence electrons. The van der Waals surface area contributed by atoms with Crippen molar-refractivity contribution in [3.05, 3.63) is 70.2 Å². The predicted octanol–water partition coefficient (Wildman–Crippen LogP) is 4.71. The molecule has 0 heterocycles. The summed E-state index contributed by atoms with van der Waals surface area (Å²) in [6.07, 6.45) is 0.897. The van der Waals surface area contributed by atoms with Gasteiger partial charge in [0.05, 0.1) is 6.04 Å². The van der Waals surface area contributed by atoms with Crippen LogP contribution in [0.4, 0.5) is 8.78 Å². The lowest BCUT2D eigenvalue weighted by molar-refractivity contribution is 0.480. The van der Waals surface area contributed by atoms with Crippen molar-refractivity contribution < 1.29 is 8.78 Å². The van der Waals surface area contributed by atoms with Crippen LogP contribution in [-0.4, -0.2) is 6.54 Å². The Bertz CT molecular complexity index is 586. The molecule has 2 aromatic rings. The van der Waals surface area contributed by atoms with Gasteiger partial charge in [-0.3, -0.25) is 0 Å². The van der Waals surface area contributed by atoms with Crippen molar-refractivity contribution in [2.75, 3.05) is 6.54 Å². The minimum absolute atomic E-state index is 0.292. The molecule has 0 saturated carbocycles. The van der Waals surface area contributed by atoms with Crippen LogP contribution in [0.5, 0.6) is 0 Å². The predicted molar refractivity (Wildman–Crippen MR) is 77.9 cm³/mol. The molecule has 1 unspecified atom stereocenters. The molecule has 4 heteroatoms. The van der Waals surface area contributed by atoms with E-state index in [1.54, 1.807) is 24.3 Å². The molecule has 20 heavy (non-hydrogen) atoms. The first-order valence-electron chi connectivity index (χ1n) is 6.56. The molecule has 0 aromatic heterocycles. The SMILES string of the molecule is CCCNC(c1cccc(Cl)c1)c1cccc(F)c1F. The number of hydrogen-bond acceptors (Lipinski definition) is 1. The van der Waals surface area contributed by atoms with Crippen LogP contribution in [0.2, 0.25) is 5.02 Å². The Hall–Kier alpha value is -1.45. The van der Waals surface area contributed by atoms with Crippen molar-refractivity contribution in [3.8, 4) is 0 Å². The van der Waals surface area contributed by atoms with Crippen molar-refractivity contribution >= 4 is 11.6 Å². The molecule has 0 bridgehead atoms. The van der Waals surface area contributed by atoms with Crippen molar-refractivity contribution in [1.29, 1.82) is 0 Å². The van der Waals surface area contributed by atoms with E-state index in [0.29, 0.717) is 17.1 Å². The van der Waals surface area contributed by atoms with Gasteiger partial charge in [-0.15, -0.1) is 0 Å². The molecule has 0 radical (unpaired) electrons. The fraction of sp³-hybridized carbons (Fsp3) is 0.250. The first-order chi connectivity index (χ1) is 9.63. The average molecular weight is 296 g/mol. The van der Waals surface area contributed by atoms with Crippen molar-refractivity contribution in [3.63, 3.8) is 0 Å². The van der Waals surface area contributed by atoms with Gasteiger partial charge in [0.25, 0.3) is 0 Å². The molecule has 0 saturated heterocycles. The van der Waals surface area contributed by atoms with Crippen molar-refractivity contribution in [1.82, 2.24) is 5.32 Å². The van der Waals surface area contributed by atoms with E-state index in [1.165, 1.54) is 6.07 Å². The Morgan fingerprint density at radius 2 is 1.90 bits per heavy atom. The van der Waals surface area contributed by atoms with Gasteiger partial charge in [-0.25, -0.2) is 8.78 Å². The van der Waals surface area contributed by atoms with Gasteiger partial charge in [0.15, 0.2) is 11.6 Å². The van der Waals surface area contributed by atoms with Crippen LogP contribution in [-0.2, 0) is 0 Å². The molecule has 0 spiro atoms. The van der Waals surface area contributed by atoms with E-state index in [-0.39, 0.29) is 0 Å². The lowest BCUT2D eigenvalue weighted by Crippen LogP contribution is -2.24. The summed E-state index contributed by atoms with van der Waals surface area (Å²) < 4.78 is 27.4. The summed E-state index contributed by atoms with van der Waals surface area (Å²) in [7, 11) is 0. The van der Waals surface area contributed by atoms with E-state index >= 15 is 0 Å². The van der Waals surface area contributed by atoms with Gasteiger partial charge in [-0.1, -0.05) is 42.8 Å². The molecule has 1 N–H and O–H groups in total. The normalized spacial score (nSPS) is 12.4. The highest BCUT2D eigenvalue weighted by atomic mass is 35.5. The maximum absolute atomic E-state index is 14.0. The monoisotopic (exact) mass is 295 g/mol. The van der Waals surface area contributed by atoms with Crippen molar-refractivity contribution in [2.45, 2.75) is 19.4 Å². The van der Waals surface area contributed by atoms with E-state index in [0.717, 1.165) is 18.1 Å². The summed E-state index contributed by atoms with van der Waals surface area (Å²) in [4.78, 5) is 0. The maximum Gasteiger partial charge on any atom is 0.163 e. The molecule has 0 aliphatic carbocycles. The maximum atomic E-state index is 14.0. The zero-order valence-electron chi connectivity index (χ0n) is 11.2. The third-order valence-electron chi connectivity index (χ3n) is 3.07. The molecular weight excluding hydrogens is 280 g/mol. The number of hydrogen-bond donors (Lipinski definition) is 1. The van der Waals surface area contributed by atoms with Crippen LogP contribution in [0.3, 0.4) is 0 Å². The Morgan fingerprint density at radius 1 is 1.15 bits per heavy atom. The van der Waals surface area contributed by atoms with Crippen LogP contribution in [0, 0.1) is 11.6 Å². The van der Waals surface area contributed by atoms with E-state index in [1.807, 2.05) is 13.0 Å². The van der Waals surface area contributed by atoms with Crippen LogP contribution in [0.15, 0.2) is 42.5 Å². The molecule has 0 fully saturated rings. The highest BCUT2D eigenvalue weighted by molar-refractivity contribution is 6.30. The first kappa shape index (κ1) is 14.9. The molecule has 1 atom stereocenters. The minimum atomic E-state index is -0.840. The zero-order chi connectivity index (χ0) is 14.5. The van der Waals surface area contributed by atoms with Crippen LogP contribution >= 0.6 is 11.6 Å². The third-order valence-corrected chi connectivity index (χ3v) is 3.31. The number of halogens is 3. The fourth-order valence-electron chi connectivity index (χ4n) is 2.13.